The number of nitro benzene ring substituents is 1. The van der Waals surface area contributed by atoms with Crippen molar-refractivity contribution in [3.8, 4) is 11.5 Å². The normalized spacial score (nSPS) is 10.9. The fourth-order valence-electron chi connectivity index (χ4n) is 2.41. The van der Waals surface area contributed by atoms with Crippen LogP contribution in [0.25, 0.3) is 22.4 Å². The Bertz CT molecular complexity index is 1060. The summed E-state index contributed by atoms with van der Waals surface area (Å²) in [6, 6.07) is 9.97. The number of carbonyl (C=O) groups excluding carboxylic acids is 1. The minimum absolute atomic E-state index is 0.0189. The molecular formula is C19H17N3O5S. The van der Waals surface area contributed by atoms with Crippen LogP contribution >= 0.6 is 11.3 Å². The van der Waals surface area contributed by atoms with Crippen molar-refractivity contribution < 1.29 is 19.2 Å². The molecule has 0 aliphatic heterocycles. The summed E-state index contributed by atoms with van der Waals surface area (Å²) in [5.74, 6) is 0.739. The van der Waals surface area contributed by atoms with Crippen LogP contribution in [0.15, 0.2) is 36.4 Å². The molecule has 1 amide bonds. The van der Waals surface area contributed by atoms with Gasteiger partial charge in [0.2, 0.25) is 0 Å². The Morgan fingerprint density at radius 2 is 2.07 bits per heavy atom. The highest BCUT2D eigenvalue weighted by Gasteiger charge is 2.10. The van der Waals surface area contributed by atoms with Crippen LogP contribution < -0.4 is 14.8 Å². The third-order valence-electron chi connectivity index (χ3n) is 3.84. The molecule has 8 nitrogen and oxygen atoms in total. The van der Waals surface area contributed by atoms with Gasteiger partial charge in [0.15, 0.2) is 18.1 Å². The summed E-state index contributed by atoms with van der Waals surface area (Å²) in [4.78, 5) is 26.2. The zero-order chi connectivity index (χ0) is 20.1. The first kappa shape index (κ1) is 19.3. The molecule has 0 unspecified atom stereocenters. The number of hydrogen-bond acceptors (Lipinski definition) is 7. The smallest absolute Gasteiger partial charge is 0.271 e. The number of ether oxygens (including phenoxy) is 2. The first-order valence-corrected chi connectivity index (χ1v) is 9.06. The van der Waals surface area contributed by atoms with Crippen molar-refractivity contribution in [1.82, 2.24) is 10.3 Å². The van der Waals surface area contributed by atoms with Crippen molar-refractivity contribution in [1.29, 1.82) is 0 Å². The van der Waals surface area contributed by atoms with Gasteiger partial charge in [-0.15, -0.1) is 11.3 Å². The van der Waals surface area contributed by atoms with Crippen molar-refractivity contribution in [3.63, 3.8) is 0 Å². The highest BCUT2D eigenvalue weighted by atomic mass is 32.1. The van der Waals surface area contributed by atoms with Crippen LogP contribution in [-0.2, 0) is 4.79 Å². The lowest BCUT2D eigenvalue weighted by atomic mass is 10.2. The lowest BCUT2D eigenvalue weighted by Crippen LogP contribution is -2.24. The maximum absolute atomic E-state index is 11.3. The SMILES string of the molecule is CNC(=O)COc1ccc(C=Cc2nc3cc([N+](=O)[O-])ccc3s2)cc1OC. The number of aromatic nitrogens is 1. The third-order valence-corrected chi connectivity index (χ3v) is 4.84. The molecule has 0 aliphatic carbocycles. The van der Waals surface area contributed by atoms with Gasteiger partial charge in [-0.05, 0) is 29.8 Å². The fourth-order valence-corrected chi connectivity index (χ4v) is 3.26. The van der Waals surface area contributed by atoms with Gasteiger partial charge in [0.1, 0.15) is 5.01 Å². The first-order chi connectivity index (χ1) is 13.5. The van der Waals surface area contributed by atoms with E-state index in [0.717, 1.165) is 15.3 Å². The molecule has 0 radical (unpaired) electrons. The van der Waals surface area contributed by atoms with E-state index in [0.29, 0.717) is 17.0 Å². The first-order valence-electron chi connectivity index (χ1n) is 8.24. The molecule has 1 heterocycles. The molecule has 0 saturated heterocycles. The van der Waals surface area contributed by atoms with Crippen LogP contribution in [0, 0.1) is 10.1 Å². The second-order valence-corrected chi connectivity index (χ2v) is 6.73. The molecule has 2 aromatic carbocycles. The van der Waals surface area contributed by atoms with E-state index in [1.54, 1.807) is 18.2 Å². The second kappa shape index (κ2) is 8.49. The second-order valence-electron chi connectivity index (χ2n) is 5.67. The molecule has 0 aliphatic rings. The maximum Gasteiger partial charge on any atom is 0.271 e. The minimum atomic E-state index is -0.436. The van der Waals surface area contributed by atoms with Gasteiger partial charge in [0.25, 0.3) is 11.6 Å². The van der Waals surface area contributed by atoms with Gasteiger partial charge in [-0.1, -0.05) is 12.1 Å². The number of fused-ring (bicyclic) bond motifs is 1. The molecule has 28 heavy (non-hydrogen) atoms. The molecule has 0 fully saturated rings. The molecule has 0 bridgehead atoms. The van der Waals surface area contributed by atoms with Crippen molar-refractivity contribution in [3.05, 3.63) is 57.1 Å². The number of non-ortho nitro benzene ring substituents is 1. The summed E-state index contributed by atoms with van der Waals surface area (Å²) < 4.78 is 11.6. The zero-order valence-corrected chi connectivity index (χ0v) is 16.0. The van der Waals surface area contributed by atoms with Crippen LogP contribution in [0.4, 0.5) is 5.69 Å². The average molecular weight is 399 g/mol. The number of nitrogens with zero attached hydrogens (tertiary/aromatic N) is 2. The Hall–Kier alpha value is -3.46. The number of amides is 1. The predicted molar refractivity (Wildman–Crippen MR) is 108 cm³/mol. The Morgan fingerprint density at radius 3 is 2.79 bits per heavy atom. The van der Waals surface area contributed by atoms with Crippen molar-refractivity contribution in [2.24, 2.45) is 0 Å². The largest absolute Gasteiger partial charge is 0.493 e. The minimum Gasteiger partial charge on any atom is -0.493 e. The number of carbonyl (C=O) groups is 1. The summed E-state index contributed by atoms with van der Waals surface area (Å²) in [5.41, 5.74) is 1.47. The topological polar surface area (TPSA) is 104 Å². The maximum atomic E-state index is 11.3. The van der Waals surface area contributed by atoms with E-state index >= 15 is 0 Å². The summed E-state index contributed by atoms with van der Waals surface area (Å²) in [7, 11) is 3.06. The average Bonchev–Trinajstić information content (AvgIpc) is 3.12. The van der Waals surface area contributed by atoms with Crippen LogP contribution in [0.1, 0.15) is 10.6 Å². The highest BCUT2D eigenvalue weighted by molar-refractivity contribution is 7.19. The quantitative estimate of drug-likeness (QED) is 0.482. The molecule has 1 aromatic heterocycles. The van der Waals surface area contributed by atoms with Gasteiger partial charge in [-0.2, -0.15) is 0 Å². The van der Waals surface area contributed by atoms with Gasteiger partial charge >= 0.3 is 0 Å². The Labute approximate surface area is 164 Å². The van der Waals surface area contributed by atoms with E-state index in [9.17, 15) is 14.9 Å². The molecule has 3 aromatic rings. The highest BCUT2D eigenvalue weighted by Crippen LogP contribution is 2.30. The zero-order valence-electron chi connectivity index (χ0n) is 15.2. The Balaban J connectivity index is 1.78. The lowest BCUT2D eigenvalue weighted by molar-refractivity contribution is -0.384. The standard InChI is InChI=1S/C19H17N3O5S/c1-20-18(23)11-27-15-6-3-12(9-16(15)26-2)4-8-19-21-14-10-13(22(24)25)5-7-17(14)28-19/h3-10H,11H2,1-2H3,(H,20,23). The van der Waals surface area contributed by atoms with E-state index in [2.05, 4.69) is 10.3 Å². The van der Waals surface area contributed by atoms with Crippen molar-refractivity contribution in [2.75, 3.05) is 20.8 Å². The summed E-state index contributed by atoms with van der Waals surface area (Å²) in [6.07, 6.45) is 3.69. The summed E-state index contributed by atoms with van der Waals surface area (Å²) >= 11 is 1.44. The number of thiazole rings is 1. The monoisotopic (exact) mass is 399 g/mol. The van der Waals surface area contributed by atoms with E-state index < -0.39 is 4.92 Å². The number of nitrogens with one attached hydrogen (secondary N) is 1. The fraction of sp³-hybridized carbons (Fsp3) is 0.158. The van der Waals surface area contributed by atoms with Crippen molar-refractivity contribution in [2.45, 2.75) is 0 Å². The van der Waals surface area contributed by atoms with Gasteiger partial charge in [0.05, 0.1) is 22.2 Å². The third kappa shape index (κ3) is 4.44. The number of likely N-dealkylation sites (N-methyl/N-ethyl adjacent to an activating group) is 1. The van der Waals surface area contributed by atoms with E-state index in [1.807, 2.05) is 18.2 Å². The van der Waals surface area contributed by atoms with Gasteiger partial charge in [0, 0.05) is 19.2 Å². The molecule has 0 saturated carbocycles. The lowest BCUT2D eigenvalue weighted by Gasteiger charge is -2.10. The molecule has 0 spiro atoms. The van der Waals surface area contributed by atoms with Gasteiger partial charge < -0.3 is 14.8 Å². The van der Waals surface area contributed by atoms with Gasteiger partial charge in [-0.3, -0.25) is 14.9 Å². The van der Waals surface area contributed by atoms with E-state index in [1.165, 1.54) is 37.6 Å². The summed E-state index contributed by atoms with van der Waals surface area (Å²) in [5, 5.41) is 14.1. The van der Waals surface area contributed by atoms with E-state index in [4.69, 9.17) is 9.47 Å². The molecular weight excluding hydrogens is 382 g/mol. The van der Waals surface area contributed by atoms with Crippen LogP contribution in [-0.4, -0.2) is 36.6 Å². The van der Waals surface area contributed by atoms with Crippen LogP contribution in [0.3, 0.4) is 0 Å². The molecule has 0 atom stereocenters. The number of nitro groups is 1. The summed E-state index contributed by atoms with van der Waals surface area (Å²) in [6.45, 7) is -0.0973. The number of hydrogen-bond donors (Lipinski definition) is 1. The number of benzene rings is 2. The number of methoxy groups -OCH3 is 1. The van der Waals surface area contributed by atoms with Crippen LogP contribution in [0.5, 0.6) is 11.5 Å². The molecule has 3 rings (SSSR count). The Morgan fingerprint density at radius 1 is 1.25 bits per heavy atom. The molecule has 9 heteroatoms. The van der Waals surface area contributed by atoms with Crippen molar-refractivity contribution >= 4 is 45.3 Å². The molecule has 144 valence electrons. The molecule has 1 N–H and O–H groups in total. The number of rotatable bonds is 7. The van der Waals surface area contributed by atoms with E-state index in [-0.39, 0.29) is 18.2 Å². The Kier molecular flexibility index (Phi) is 5.85. The van der Waals surface area contributed by atoms with Crippen LogP contribution in [0.2, 0.25) is 0 Å². The van der Waals surface area contributed by atoms with Gasteiger partial charge in [-0.25, -0.2) is 4.98 Å². The predicted octanol–water partition coefficient (Wildman–Crippen LogP) is 3.51.